The van der Waals surface area contributed by atoms with E-state index in [-0.39, 0.29) is 11.8 Å². The van der Waals surface area contributed by atoms with Gasteiger partial charge in [-0.2, -0.15) is 4.98 Å². The van der Waals surface area contributed by atoms with Gasteiger partial charge in [0.2, 0.25) is 5.95 Å². The summed E-state index contributed by atoms with van der Waals surface area (Å²) in [6.07, 6.45) is 0.481. The Balaban J connectivity index is 1.60. The van der Waals surface area contributed by atoms with Gasteiger partial charge < -0.3 is 30.6 Å². The highest BCUT2D eigenvalue weighted by Gasteiger charge is 2.16. The van der Waals surface area contributed by atoms with Gasteiger partial charge in [-0.1, -0.05) is 6.07 Å². The molecule has 0 radical (unpaired) electrons. The van der Waals surface area contributed by atoms with E-state index in [4.69, 9.17) is 19.9 Å². The second-order valence-corrected chi connectivity index (χ2v) is 8.62. The largest absolute Gasteiger partial charge is 0.491 e. The minimum absolute atomic E-state index is 0.0284. The van der Waals surface area contributed by atoms with Crippen LogP contribution >= 0.6 is 0 Å². The van der Waals surface area contributed by atoms with Crippen molar-refractivity contribution in [3.05, 3.63) is 60.5 Å². The van der Waals surface area contributed by atoms with Crippen molar-refractivity contribution in [3.8, 4) is 5.75 Å². The molecule has 1 aromatic heterocycles. The first kappa shape index (κ1) is 26.6. The normalized spacial score (nSPS) is 11.0. The van der Waals surface area contributed by atoms with Crippen LogP contribution in [0.4, 0.5) is 38.0 Å². The van der Waals surface area contributed by atoms with Crippen molar-refractivity contribution in [1.29, 1.82) is 0 Å². The molecule has 11 heteroatoms. The molecule has 2 aromatic carbocycles. The number of hydrogen-bond donors (Lipinski definition) is 4. The lowest BCUT2D eigenvalue weighted by Gasteiger charge is -2.19. The van der Waals surface area contributed by atoms with E-state index in [0.717, 1.165) is 6.20 Å². The number of amides is 1. The second-order valence-electron chi connectivity index (χ2n) is 8.62. The van der Waals surface area contributed by atoms with Crippen molar-refractivity contribution in [2.75, 3.05) is 42.3 Å². The number of carbonyl (C=O) groups excluding carboxylic acids is 1. The summed E-state index contributed by atoms with van der Waals surface area (Å²) in [6.45, 7) is 7.16. The van der Waals surface area contributed by atoms with Gasteiger partial charge in [-0.3, -0.25) is 5.32 Å². The molecule has 3 aromatic rings. The Labute approximate surface area is 209 Å². The van der Waals surface area contributed by atoms with Crippen molar-refractivity contribution < 1.29 is 23.4 Å². The van der Waals surface area contributed by atoms with Gasteiger partial charge in [-0.25, -0.2) is 14.2 Å². The minimum atomic E-state index is -0.633. The van der Waals surface area contributed by atoms with Crippen LogP contribution in [0.15, 0.2) is 54.7 Å². The molecule has 0 aliphatic rings. The number of hydrogen-bond acceptors (Lipinski definition) is 9. The van der Waals surface area contributed by atoms with E-state index in [1.54, 1.807) is 69.3 Å². The monoisotopic (exact) mass is 498 g/mol. The number of carbonyl (C=O) groups is 1. The first-order valence-electron chi connectivity index (χ1n) is 11.4. The zero-order valence-corrected chi connectivity index (χ0v) is 20.5. The van der Waals surface area contributed by atoms with Crippen molar-refractivity contribution in [3.63, 3.8) is 0 Å². The number of rotatable bonds is 11. The molecule has 5 N–H and O–H groups in total. The summed E-state index contributed by atoms with van der Waals surface area (Å²) in [5.74, 6) is 0.218. The number of nitrogens with zero attached hydrogens (tertiary/aromatic N) is 2. The van der Waals surface area contributed by atoms with Crippen molar-refractivity contribution in [2.24, 2.45) is 5.73 Å². The summed E-state index contributed by atoms with van der Waals surface area (Å²) in [5, 5.41) is 8.59. The van der Waals surface area contributed by atoms with Crippen molar-refractivity contribution >= 4 is 34.9 Å². The predicted molar refractivity (Wildman–Crippen MR) is 137 cm³/mol. The minimum Gasteiger partial charge on any atom is -0.491 e. The van der Waals surface area contributed by atoms with E-state index in [1.807, 2.05) is 0 Å². The summed E-state index contributed by atoms with van der Waals surface area (Å²) in [7, 11) is 0. The maximum Gasteiger partial charge on any atom is 0.412 e. The summed E-state index contributed by atoms with van der Waals surface area (Å²) in [5.41, 5.74) is 6.44. The Hall–Kier alpha value is -3.96. The average Bonchev–Trinajstić information content (AvgIpc) is 2.81. The Morgan fingerprint density at radius 1 is 1.00 bits per heavy atom. The highest BCUT2D eigenvalue weighted by atomic mass is 19.1. The Morgan fingerprint density at radius 2 is 1.75 bits per heavy atom. The molecule has 0 saturated carbocycles. The summed E-state index contributed by atoms with van der Waals surface area (Å²) < 4.78 is 30.5. The van der Waals surface area contributed by atoms with Crippen LogP contribution in [0.3, 0.4) is 0 Å². The maximum atomic E-state index is 14.4. The first-order chi connectivity index (χ1) is 17.2. The van der Waals surface area contributed by atoms with Gasteiger partial charge in [0.05, 0.1) is 19.4 Å². The Bertz CT molecular complexity index is 1140. The third-order valence-electron chi connectivity index (χ3n) is 4.38. The standard InChI is InChI=1S/C25H31FN6O4/c1-25(2,3)36-24(33)31-19-6-4-5-18(15-19)29-22-21(26)16-28-23(32-22)30-17-7-9-20(10-8-17)35-14-13-34-12-11-27/h4-10,15-16H,11-14,27H2,1-3H3,(H,31,33)(H2,28,29,30,32). The van der Waals surface area contributed by atoms with Gasteiger partial charge >= 0.3 is 6.09 Å². The molecule has 0 fully saturated rings. The van der Waals surface area contributed by atoms with Crippen LogP contribution < -0.4 is 26.4 Å². The molecule has 10 nitrogen and oxygen atoms in total. The van der Waals surface area contributed by atoms with E-state index in [0.29, 0.717) is 49.2 Å². The zero-order chi connectivity index (χ0) is 26.0. The molecule has 0 atom stereocenters. The molecule has 0 aliphatic carbocycles. The van der Waals surface area contributed by atoms with Crippen LogP contribution in [0, 0.1) is 5.82 Å². The lowest BCUT2D eigenvalue weighted by atomic mass is 10.2. The molecule has 192 valence electrons. The van der Waals surface area contributed by atoms with Crippen LogP contribution in [0.1, 0.15) is 20.8 Å². The average molecular weight is 499 g/mol. The predicted octanol–water partition coefficient (Wildman–Crippen LogP) is 4.80. The molecule has 1 amide bonds. The molecule has 0 saturated heterocycles. The van der Waals surface area contributed by atoms with E-state index in [9.17, 15) is 9.18 Å². The first-order valence-corrected chi connectivity index (χ1v) is 11.4. The zero-order valence-electron chi connectivity index (χ0n) is 20.5. The van der Waals surface area contributed by atoms with Gasteiger partial charge in [0.1, 0.15) is 18.0 Å². The number of aromatic nitrogens is 2. The lowest BCUT2D eigenvalue weighted by Crippen LogP contribution is -2.27. The van der Waals surface area contributed by atoms with Crippen molar-refractivity contribution in [2.45, 2.75) is 26.4 Å². The van der Waals surface area contributed by atoms with Crippen LogP contribution in [-0.4, -0.2) is 48.0 Å². The van der Waals surface area contributed by atoms with Gasteiger partial charge in [-0.15, -0.1) is 0 Å². The van der Waals surface area contributed by atoms with Crippen molar-refractivity contribution in [1.82, 2.24) is 9.97 Å². The molecule has 36 heavy (non-hydrogen) atoms. The fourth-order valence-corrected chi connectivity index (χ4v) is 2.92. The van der Waals surface area contributed by atoms with Crippen LogP contribution in [0.25, 0.3) is 0 Å². The number of anilines is 5. The molecule has 0 unspecified atom stereocenters. The van der Waals surface area contributed by atoms with Gasteiger partial charge in [0.25, 0.3) is 0 Å². The molecular weight excluding hydrogens is 467 g/mol. The highest BCUT2D eigenvalue weighted by molar-refractivity contribution is 5.85. The number of nitrogens with one attached hydrogen (secondary N) is 3. The molecular formula is C25H31FN6O4. The van der Waals surface area contributed by atoms with Crippen LogP contribution in [0.2, 0.25) is 0 Å². The molecule has 0 aliphatic heterocycles. The number of halogens is 1. The van der Waals surface area contributed by atoms with Crippen LogP contribution in [0.5, 0.6) is 5.75 Å². The summed E-state index contributed by atoms with van der Waals surface area (Å²) in [6, 6.07) is 13.9. The number of nitrogens with two attached hydrogens (primary N) is 1. The van der Waals surface area contributed by atoms with Gasteiger partial charge in [0.15, 0.2) is 11.6 Å². The van der Waals surface area contributed by atoms with E-state index >= 15 is 0 Å². The quantitative estimate of drug-likeness (QED) is 0.275. The summed E-state index contributed by atoms with van der Waals surface area (Å²) in [4.78, 5) is 20.2. The molecule has 0 bridgehead atoms. The Morgan fingerprint density at radius 3 is 2.47 bits per heavy atom. The van der Waals surface area contributed by atoms with E-state index < -0.39 is 17.5 Å². The Kier molecular flexibility index (Phi) is 9.37. The summed E-state index contributed by atoms with van der Waals surface area (Å²) >= 11 is 0. The molecule has 1 heterocycles. The highest BCUT2D eigenvalue weighted by Crippen LogP contribution is 2.24. The fourth-order valence-electron chi connectivity index (χ4n) is 2.92. The number of benzene rings is 2. The fraction of sp³-hybridized carbons (Fsp3) is 0.320. The lowest BCUT2D eigenvalue weighted by molar-refractivity contribution is 0.0636. The number of ether oxygens (including phenoxy) is 3. The van der Waals surface area contributed by atoms with Gasteiger partial charge in [-0.05, 0) is 63.2 Å². The second kappa shape index (κ2) is 12.7. The van der Waals surface area contributed by atoms with E-state index in [1.165, 1.54) is 0 Å². The molecule has 0 spiro atoms. The maximum absolute atomic E-state index is 14.4. The molecule has 3 rings (SSSR count). The van der Waals surface area contributed by atoms with E-state index in [2.05, 4.69) is 25.9 Å². The smallest absolute Gasteiger partial charge is 0.412 e. The van der Waals surface area contributed by atoms with Gasteiger partial charge in [0, 0.05) is 23.6 Å². The van der Waals surface area contributed by atoms with Crippen LogP contribution in [-0.2, 0) is 9.47 Å². The SMILES string of the molecule is CC(C)(C)OC(=O)Nc1cccc(Nc2nc(Nc3ccc(OCCOCCN)cc3)ncc2F)c1. The third kappa shape index (κ3) is 9.01. The third-order valence-corrected chi connectivity index (χ3v) is 4.38. The topological polar surface area (TPSA) is 133 Å².